The number of H-pyrrole nitrogens is 1. The number of rotatable bonds is 4. The molecule has 0 aliphatic rings. The largest absolute Gasteiger partial charge is 0.461 e. The van der Waals surface area contributed by atoms with Crippen LogP contribution in [0, 0.1) is 6.92 Å². The van der Waals surface area contributed by atoms with E-state index in [-0.39, 0.29) is 0 Å². The van der Waals surface area contributed by atoms with Crippen LogP contribution in [0.25, 0.3) is 11.0 Å². The maximum Gasteiger partial charge on any atom is 0.134 e. The number of nitrogens with one attached hydrogen (secondary N) is 2. The predicted octanol–water partition coefficient (Wildman–Crippen LogP) is 2.75. The summed E-state index contributed by atoms with van der Waals surface area (Å²) >= 11 is 0. The lowest BCUT2D eigenvalue weighted by atomic mass is 10.1. The van der Waals surface area contributed by atoms with Crippen molar-refractivity contribution in [2.45, 2.75) is 20.0 Å². The molecule has 2 aromatic heterocycles. The van der Waals surface area contributed by atoms with E-state index in [1.165, 1.54) is 10.9 Å². The highest BCUT2D eigenvalue weighted by atomic mass is 16.3. The Kier molecular flexibility index (Phi) is 2.86. The fourth-order valence-electron chi connectivity index (χ4n) is 2.14. The molecule has 4 heteroatoms. The SMILES string of the molecule is Cc1oc2ccccc2c1CNCc1ncc[nH]1. The van der Waals surface area contributed by atoms with Crippen LogP contribution in [0.5, 0.6) is 0 Å². The summed E-state index contributed by atoms with van der Waals surface area (Å²) in [7, 11) is 0. The van der Waals surface area contributed by atoms with Crippen molar-refractivity contribution in [2.75, 3.05) is 0 Å². The molecule has 0 aliphatic carbocycles. The monoisotopic (exact) mass is 241 g/mol. The Hall–Kier alpha value is -2.07. The standard InChI is InChI=1S/C14H15N3O/c1-10-12(8-15-9-14-16-6-7-17-14)11-4-2-3-5-13(11)18-10/h2-7,15H,8-9H2,1H3,(H,16,17). The van der Waals surface area contributed by atoms with Crippen molar-refractivity contribution in [1.29, 1.82) is 0 Å². The smallest absolute Gasteiger partial charge is 0.134 e. The zero-order valence-electron chi connectivity index (χ0n) is 10.2. The number of aromatic amines is 1. The molecule has 92 valence electrons. The predicted molar refractivity (Wildman–Crippen MR) is 70.1 cm³/mol. The molecule has 0 fully saturated rings. The van der Waals surface area contributed by atoms with Crippen LogP contribution in [0.3, 0.4) is 0 Å². The van der Waals surface area contributed by atoms with Crippen LogP contribution in [-0.4, -0.2) is 9.97 Å². The van der Waals surface area contributed by atoms with Gasteiger partial charge in [0, 0.05) is 29.9 Å². The van der Waals surface area contributed by atoms with Crippen LogP contribution in [0.15, 0.2) is 41.1 Å². The minimum atomic E-state index is 0.728. The zero-order chi connectivity index (χ0) is 12.4. The van der Waals surface area contributed by atoms with E-state index in [0.717, 1.165) is 30.3 Å². The molecule has 4 nitrogen and oxygen atoms in total. The van der Waals surface area contributed by atoms with E-state index in [0.29, 0.717) is 0 Å². The number of para-hydroxylation sites is 1. The van der Waals surface area contributed by atoms with Crippen molar-refractivity contribution in [3.05, 3.63) is 53.8 Å². The third kappa shape index (κ3) is 2.02. The minimum Gasteiger partial charge on any atom is -0.461 e. The van der Waals surface area contributed by atoms with Crippen molar-refractivity contribution in [3.63, 3.8) is 0 Å². The second kappa shape index (κ2) is 4.66. The van der Waals surface area contributed by atoms with E-state index in [1.54, 1.807) is 6.20 Å². The fraction of sp³-hybridized carbons (Fsp3) is 0.214. The number of hydrogen-bond donors (Lipinski definition) is 2. The second-order valence-electron chi connectivity index (χ2n) is 4.27. The van der Waals surface area contributed by atoms with E-state index in [4.69, 9.17) is 4.42 Å². The lowest BCUT2D eigenvalue weighted by molar-refractivity contribution is 0.563. The number of nitrogens with zero attached hydrogens (tertiary/aromatic N) is 1. The first-order valence-electron chi connectivity index (χ1n) is 6.00. The van der Waals surface area contributed by atoms with Gasteiger partial charge in [-0.1, -0.05) is 18.2 Å². The normalized spacial score (nSPS) is 11.2. The van der Waals surface area contributed by atoms with Gasteiger partial charge in [0.15, 0.2) is 0 Å². The first-order chi connectivity index (χ1) is 8.84. The van der Waals surface area contributed by atoms with Gasteiger partial charge in [0.25, 0.3) is 0 Å². The van der Waals surface area contributed by atoms with Crippen molar-refractivity contribution >= 4 is 11.0 Å². The van der Waals surface area contributed by atoms with E-state index in [2.05, 4.69) is 21.4 Å². The van der Waals surface area contributed by atoms with Gasteiger partial charge in [0.2, 0.25) is 0 Å². The van der Waals surface area contributed by atoms with E-state index < -0.39 is 0 Å². The molecular formula is C14H15N3O. The molecule has 0 saturated carbocycles. The summed E-state index contributed by atoms with van der Waals surface area (Å²) in [6.45, 7) is 3.51. The Morgan fingerprint density at radius 2 is 2.17 bits per heavy atom. The maximum absolute atomic E-state index is 5.72. The van der Waals surface area contributed by atoms with Crippen molar-refractivity contribution < 1.29 is 4.42 Å². The Labute approximate surface area is 105 Å². The van der Waals surface area contributed by atoms with Gasteiger partial charge in [0.1, 0.15) is 17.2 Å². The highest BCUT2D eigenvalue weighted by Crippen LogP contribution is 2.24. The number of aryl methyl sites for hydroxylation is 1. The molecule has 1 aromatic carbocycles. The van der Waals surface area contributed by atoms with Gasteiger partial charge in [-0.3, -0.25) is 0 Å². The van der Waals surface area contributed by atoms with Crippen molar-refractivity contribution in [3.8, 4) is 0 Å². The molecule has 0 radical (unpaired) electrons. The summed E-state index contributed by atoms with van der Waals surface area (Å²) in [6.07, 6.45) is 3.59. The number of imidazole rings is 1. The highest BCUT2D eigenvalue weighted by Gasteiger charge is 2.09. The van der Waals surface area contributed by atoms with Crippen molar-refractivity contribution in [1.82, 2.24) is 15.3 Å². The van der Waals surface area contributed by atoms with E-state index in [9.17, 15) is 0 Å². The van der Waals surface area contributed by atoms with Gasteiger partial charge in [0.05, 0.1) is 6.54 Å². The Bertz CT molecular complexity index is 640. The molecule has 18 heavy (non-hydrogen) atoms. The molecule has 0 spiro atoms. The van der Waals surface area contributed by atoms with E-state index in [1.807, 2.05) is 31.3 Å². The van der Waals surface area contributed by atoms with Crippen LogP contribution in [0.2, 0.25) is 0 Å². The fourth-order valence-corrected chi connectivity index (χ4v) is 2.14. The maximum atomic E-state index is 5.72. The van der Waals surface area contributed by atoms with Gasteiger partial charge in [-0.25, -0.2) is 4.98 Å². The summed E-state index contributed by atoms with van der Waals surface area (Å²) in [5.74, 6) is 1.92. The molecule has 3 aromatic rings. The summed E-state index contributed by atoms with van der Waals surface area (Å²) < 4.78 is 5.72. The summed E-state index contributed by atoms with van der Waals surface area (Å²) in [4.78, 5) is 7.25. The average molecular weight is 241 g/mol. The van der Waals surface area contributed by atoms with Gasteiger partial charge >= 0.3 is 0 Å². The molecule has 3 rings (SSSR count). The van der Waals surface area contributed by atoms with Crippen LogP contribution < -0.4 is 5.32 Å². The summed E-state index contributed by atoms with van der Waals surface area (Å²) in [5.41, 5.74) is 2.17. The van der Waals surface area contributed by atoms with Gasteiger partial charge in [-0.2, -0.15) is 0 Å². The van der Waals surface area contributed by atoms with Crippen molar-refractivity contribution in [2.24, 2.45) is 0 Å². The highest BCUT2D eigenvalue weighted by molar-refractivity contribution is 5.82. The second-order valence-corrected chi connectivity index (χ2v) is 4.27. The molecule has 2 N–H and O–H groups in total. The van der Waals surface area contributed by atoms with Crippen LogP contribution in [0.4, 0.5) is 0 Å². The molecule has 2 heterocycles. The number of furan rings is 1. The Morgan fingerprint density at radius 1 is 1.28 bits per heavy atom. The lowest BCUT2D eigenvalue weighted by Crippen LogP contribution is -2.13. The Balaban J connectivity index is 1.76. The topological polar surface area (TPSA) is 53.9 Å². The molecule has 0 unspecified atom stereocenters. The lowest BCUT2D eigenvalue weighted by Gasteiger charge is -2.02. The van der Waals surface area contributed by atoms with Crippen LogP contribution >= 0.6 is 0 Å². The number of aromatic nitrogens is 2. The number of hydrogen-bond acceptors (Lipinski definition) is 3. The average Bonchev–Trinajstić information content (AvgIpc) is 2.98. The first-order valence-corrected chi connectivity index (χ1v) is 6.00. The first kappa shape index (κ1) is 11.0. The molecule has 0 atom stereocenters. The third-order valence-electron chi connectivity index (χ3n) is 3.05. The molecular weight excluding hydrogens is 226 g/mol. The molecule has 0 saturated heterocycles. The summed E-state index contributed by atoms with van der Waals surface area (Å²) in [5, 5.41) is 4.55. The quantitative estimate of drug-likeness (QED) is 0.738. The number of fused-ring (bicyclic) bond motifs is 1. The molecule has 0 amide bonds. The number of benzene rings is 1. The van der Waals surface area contributed by atoms with Gasteiger partial charge < -0.3 is 14.7 Å². The van der Waals surface area contributed by atoms with Gasteiger partial charge in [-0.05, 0) is 13.0 Å². The van der Waals surface area contributed by atoms with Crippen LogP contribution in [-0.2, 0) is 13.1 Å². The van der Waals surface area contributed by atoms with Gasteiger partial charge in [-0.15, -0.1) is 0 Å². The summed E-state index contributed by atoms with van der Waals surface area (Å²) in [6, 6.07) is 8.12. The molecule has 0 aliphatic heterocycles. The Morgan fingerprint density at radius 3 is 3.00 bits per heavy atom. The third-order valence-corrected chi connectivity index (χ3v) is 3.05. The van der Waals surface area contributed by atoms with E-state index >= 15 is 0 Å². The van der Waals surface area contributed by atoms with Crippen LogP contribution in [0.1, 0.15) is 17.1 Å². The zero-order valence-corrected chi connectivity index (χ0v) is 10.2. The minimum absolute atomic E-state index is 0.728. The molecule has 0 bridgehead atoms.